The number of amides is 1. The number of hydrogen-bond donors (Lipinski definition) is 2. The van der Waals surface area contributed by atoms with Gasteiger partial charge in [0.05, 0.1) is 18.0 Å². The summed E-state index contributed by atoms with van der Waals surface area (Å²) >= 11 is 0. The van der Waals surface area contributed by atoms with E-state index in [2.05, 4.69) is 34.3 Å². The fourth-order valence-corrected chi connectivity index (χ4v) is 2.73. The van der Waals surface area contributed by atoms with Gasteiger partial charge in [-0.2, -0.15) is 0 Å². The lowest BCUT2D eigenvalue weighted by atomic mass is 10.1. The monoisotopic (exact) mass is 320 g/mol. The summed E-state index contributed by atoms with van der Waals surface area (Å²) in [6.07, 6.45) is 1.17. The molecule has 0 unspecified atom stereocenters. The first-order valence-electron chi connectivity index (χ1n) is 8.17. The molecule has 1 amide bonds. The summed E-state index contributed by atoms with van der Waals surface area (Å²) in [6, 6.07) is 6.15. The van der Waals surface area contributed by atoms with Crippen molar-refractivity contribution in [3.63, 3.8) is 0 Å². The van der Waals surface area contributed by atoms with Crippen molar-refractivity contribution in [3.8, 4) is 0 Å². The highest BCUT2D eigenvalue weighted by Crippen LogP contribution is 2.25. The molecule has 2 rings (SSSR count). The van der Waals surface area contributed by atoms with Crippen molar-refractivity contribution < 1.29 is 9.53 Å². The Morgan fingerprint density at radius 1 is 1.30 bits per heavy atom. The predicted molar refractivity (Wildman–Crippen MR) is 93.8 cm³/mol. The molecule has 1 heterocycles. The number of aryl methyl sites for hydroxylation is 1. The number of carbonyl (C=O) groups excluding carboxylic acids is 1. The van der Waals surface area contributed by atoms with E-state index in [0.29, 0.717) is 26.0 Å². The standard InChI is InChI=1S/C17H28N4O2/c1-20-8-10-21(11-9-20)16-5-3-14(13-15(16)18)4-6-17(22)19-7-12-23-2/h3,5,13H,4,6-12,18H2,1-2H3,(H,19,22). The quantitative estimate of drug-likeness (QED) is 0.572. The number of methoxy groups -OCH3 is 1. The van der Waals surface area contributed by atoms with Gasteiger partial charge in [-0.15, -0.1) is 0 Å². The Labute approximate surface area is 138 Å². The molecule has 23 heavy (non-hydrogen) atoms. The van der Waals surface area contributed by atoms with Crippen molar-refractivity contribution in [2.75, 3.05) is 64.1 Å². The van der Waals surface area contributed by atoms with Crippen LogP contribution in [0.5, 0.6) is 0 Å². The predicted octanol–water partition coefficient (Wildman–Crippen LogP) is 0.716. The Morgan fingerprint density at radius 3 is 2.70 bits per heavy atom. The molecule has 6 heteroatoms. The number of likely N-dealkylation sites (N-methyl/N-ethyl adjacent to an activating group) is 1. The largest absolute Gasteiger partial charge is 0.397 e. The maximum absolute atomic E-state index is 11.7. The van der Waals surface area contributed by atoms with Gasteiger partial charge in [-0.1, -0.05) is 6.07 Å². The number of benzene rings is 1. The lowest BCUT2D eigenvalue weighted by Gasteiger charge is -2.34. The average Bonchev–Trinajstić information content (AvgIpc) is 2.54. The Kier molecular flexibility index (Phi) is 6.67. The van der Waals surface area contributed by atoms with Crippen molar-refractivity contribution in [2.24, 2.45) is 0 Å². The highest BCUT2D eigenvalue weighted by molar-refractivity contribution is 5.76. The Balaban J connectivity index is 1.85. The van der Waals surface area contributed by atoms with Crippen LogP contribution in [0.1, 0.15) is 12.0 Å². The summed E-state index contributed by atoms with van der Waals surface area (Å²) in [7, 11) is 3.76. The molecule has 0 saturated carbocycles. The second-order valence-electron chi connectivity index (χ2n) is 6.03. The van der Waals surface area contributed by atoms with E-state index in [4.69, 9.17) is 10.5 Å². The Morgan fingerprint density at radius 2 is 2.04 bits per heavy atom. The van der Waals surface area contributed by atoms with Gasteiger partial charge in [0.25, 0.3) is 0 Å². The molecule has 128 valence electrons. The van der Waals surface area contributed by atoms with Crippen LogP contribution in [-0.4, -0.2) is 64.3 Å². The van der Waals surface area contributed by atoms with Crippen molar-refractivity contribution in [2.45, 2.75) is 12.8 Å². The summed E-state index contributed by atoms with van der Waals surface area (Å²) in [6.45, 7) is 5.22. The molecule has 1 saturated heterocycles. The van der Waals surface area contributed by atoms with Crippen LogP contribution in [0.4, 0.5) is 11.4 Å². The van der Waals surface area contributed by atoms with E-state index in [9.17, 15) is 4.79 Å². The number of nitrogen functional groups attached to an aromatic ring is 1. The zero-order valence-corrected chi connectivity index (χ0v) is 14.2. The molecule has 1 aliphatic rings. The number of nitrogens with one attached hydrogen (secondary N) is 1. The van der Waals surface area contributed by atoms with Gasteiger partial charge >= 0.3 is 0 Å². The van der Waals surface area contributed by atoms with Gasteiger partial charge < -0.3 is 25.6 Å². The van der Waals surface area contributed by atoms with Crippen molar-refractivity contribution in [1.29, 1.82) is 0 Å². The molecule has 3 N–H and O–H groups in total. The molecule has 0 aromatic heterocycles. The highest BCUT2D eigenvalue weighted by Gasteiger charge is 2.16. The van der Waals surface area contributed by atoms with Gasteiger partial charge in [-0.25, -0.2) is 0 Å². The van der Waals surface area contributed by atoms with Crippen molar-refractivity contribution in [1.82, 2.24) is 10.2 Å². The van der Waals surface area contributed by atoms with Gasteiger partial charge in [0.2, 0.25) is 5.91 Å². The summed E-state index contributed by atoms with van der Waals surface area (Å²) in [5, 5.41) is 2.83. The van der Waals surface area contributed by atoms with Crippen LogP contribution in [-0.2, 0) is 16.0 Å². The normalized spacial score (nSPS) is 15.7. The van der Waals surface area contributed by atoms with Crippen molar-refractivity contribution >= 4 is 17.3 Å². The van der Waals surface area contributed by atoms with E-state index in [1.54, 1.807) is 7.11 Å². The Hall–Kier alpha value is -1.79. The molecule has 1 aliphatic heterocycles. The first-order chi connectivity index (χ1) is 11.1. The highest BCUT2D eigenvalue weighted by atomic mass is 16.5. The summed E-state index contributed by atoms with van der Waals surface area (Å²) in [5.41, 5.74) is 9.22. The van der Waals surface area contributed by atoms with Gasteiger partial charge in [-0.05, 0) is 31.2 Å². The van der Waals surface area contributed by atoms with Crippen LogP contribution < -0.4 is 16.0 Å². The van der Waals surface area contributed by atoms with E-state index in [-0.39, 0.29) is 5.91 Å². The van der Waals surface area contributed by atoms with Gasteiger partial charge in [0, 0.05) is 46.3 Å². The van der Waals surface area contributed by atoms with E-state index < -0.39 is 0 Å². The number of nitrogens with two attached hydrogens (primary N) is 1. The smallest absolute Gasteiger partial charge is 0.220 e. The zero-order valence-electron chi connectivity index (χ0n) is 14.2. The topological polar surface area (TPSA) is 70.8 Å². The summed E-state index contributed by atoms with van der Waals surface area (Å²) in [4.78, 5) is 16.4. The number of piperazine rings is 1. The van der Waals surface area contributed by atoms with E-state index >= 15 is 0 Å². The molecule has 6 nitrogen and oxygen atoms in total. The minimum absolute atomic E-state index is 0.0452. The molecule has 0 spiro atoms. The lowest BCUT2D eigenvalue weighted by Crippen LogP contribution is -2.44. The third-order valence-corrected chi connectivity index (χ3v) is 4.20. The molecule has 0 bridgehead atoms. The van der Waals surface area contributed by atoms with E-state index in [1.807, 2.05) is 6.07 Å². The molecule has 1 fully saturated rings. The molecule has 0 radical (unpaired) electrons. The van der Waals surface area contributed by atoms with E-state index in [0.717, 1.165) is 43.1 Å². The second-order valence-corrected chi connectivity index (χ2v) is 6.03. The van der Waals surface area contributed by atoms with Crippen LogP contribution in [0.2, 0.25) is 0 Å². The minimum Gasteiger partial charge on any atom is -0.397 e. The Bertz CT molecular complexity index is 513. The number of anilines is 2. The SMILES string of the molecule is COCCNC(=O)CCc1ccc(N2CCN(C)CC2)c(N)c1. The summed E-state index contributed by atoms with van der Waals surface area (Å²) in [5.74, 6) is 0.0452. The number of hydrogen-bond acceptors (Lipinski definition) is 5. The van der Waals surface area contributed by atoms with Gasteiger partial charge in [-0.3, -0.25) is 4.79 Å². The van der Waals surface area contributed by atoms with Crippen LogP contribution in [0.3, 0.4) is 0 Å². The fourth-order valence-electron chi connectivity index (χ4n) is 2.73. The minimum atomic E-state index is 0.0452. The second kappa shape index (κ2) is 8.74. The lowest BCUT2D eigenvalue weighted by molar-refractivity contribution is -0.121. The molecule has 1 aromatic carbocycles. The third kappa shape index (κ3) is 5.41. The van der Waals surface area contributed by atoms with Crippen molar-refractivity contribution in [3.05, 3.63) is 23.8 Å². The molecular weight excluding hydrogens is 292 g/mol. The van der Waals surface area contributed by atoms with Crippen LogP contribution in [0.25, 0.3) is 0 Å². The van der Waals surface area contributed by atoms with Gasteiger partial charge in [0.1, 0.15) is 0 Å². The molecule has 0 aliphatic carbocycles. The van der Waals surface area contributed by atoms with Crippen LogP contribution >= 0.6 is 0 Å². The fraction of sp³-hybridized carbons (Fsp3) is 0.588. The molecule has 1 aromatic rings. The van der Waals surface area contributed by atoms with E-state index in [1.165, 1.54) is 0 Å². The van der Waals surface area contributed by atoms with Crippen LogP contribution in [0, 0.1) is 0 Å². The number of carbonyl (C=O) groups is 1. The third-order valence-electron chi connectivity index (χ3n) is 4.20. The van der Waals surface area contributed by atoms with Crippen LogP contribution in [0.15, 0.2) is 18.2 Å². The maximum Gasteiger partial charge on any atom is 0.220 e. The summed E-state index contributed by atoms with van der Waals surface area (Å²) < 4.78 is 4.91. The number of nitrogens with zero attached hydrogens (tertiary/aromatic N) is 2. The number of rotatable bonds is 7. The van der Waals surface area contributed by atoms with Gasteiger partial charge in [0.15, 0.2) is 0 Å². The molecular formula is C17H28N4O2. The number of ether oxygens (including phenoxy) is 1. The maximum atomic E-state index is 11.7. The first kappa shape index (κ1) is 17.6. The molecule has 0 atom stereocenters. The average molecular weight is 320 g/mol. The first-order valence-corrected chi connectivity index (χ1v) is 8.17. The zero-order chi connectivity index (χ0) is 16.7.